The van der Waals surface area contributed by atoms with Gasteiger partial charge in [-0.15, -0.1) is 0 Å². The molecule has 0 aliphatic heterocycles. The Labute approximate surface area is 104 Å². The molecule has 0 aliphatic rings. The quantitative estimate of drug-likeness (QED) is 0.552. The van der Waals surface area contributed by atoms with Crippen LogP contribution in [0.1, 0.15) is 18.0 Å². The van der Waals surface area contributed by atoms with E-state index in [1.165, 1.54) is 0 Å². The molecule has 98 valence electrons. The first-order chi connectivity index (χ1) is 8.50. The van der Waals surface area contributed by atoms with Gasteiger partial charge in [0.15, 0.2) is 6.10 Å². The smallest absolute Gasteiger partial charge is 0.334 e. The predicted octanol–water partition coefficient (Wildman–Crippen LogP) is -0.362. The van der Waals surface area contributed by atoms with Crippen LogP contribution in [0.3, 0.4) is 0 Å². The molecule has 6 nitrogen and oxygen atoms in total. The van der Waals surface area contributed by atoms with Crippen LogP contribution in [0.15, 0.2) is 30.3 Å². The van der Waals surface area contributed by atoms with Crippen LogP contribution in [0.25, 0.3) is 0 Å². The van der Waals surface area contributed by atoms with Gasteiger partial charge in [-0.05, 0) is 5.56 Å². The Morgan fingerprint density at radius 2 is 1.89 bits per heavy atom. The average Bonchev–Trinajstić information content (AvgIpc) is 2.36. The molecule has 0 saturated carbocycles. The number of nitrogens with two attached hydrogens (primary N) is 1. The maximum absolute atomic E-state index is 11.5. The van der Waals surface area contributed by atoms with E-state index >= 15 is 0 Å². The second-order valence-electron chi connectivity index (χ2n) is 3.88. The van der Waals surface area contributed by atoms with Crippen LogP contribution in [0.4, 0.5) is 0 Å². The number of hydrogen-bond acceptors (Lipinski definition) is 4. The first-order valence-electron chi connectivity index (χ1n) is 5.49. The number of hydrogen-bond donors (Lipinski definition) is 4. The number of rotatable bonds is 6. The second-order valence-corrected chi connectivity index (χ2v) is 3.88. The molecule has 2 atom stereocenters. The molecule has 0 radical (unpaired) electrons. The number of carboxylic acids is 1. The fraction of sp³-hybridized carbons (Fsp3) is 0.333. The highest BCUT2D eigenvalue weighted by Gasteiger charge is 2.16. The summed E-state index contributed by atoms with van der Waals surface area (Å²) in [6, 6.07) is 8.66. The van der Waals surface area contributed by atoms with Gasteiger partial charge in [-0.25, -0.2) is 4.79 Å². The monoisotopic (exact) mass is 252 g/mol. The summed E-state index contributed by atoms with van der Waals surface area (Å²) in [6.07, 6.45) is -1.56. The molecule has 0 heterocycles. The molecule has 6 heteroatoms. The summed E-state index contributed by atoms with van der Waals surface area (Å²) in [4.78, 5) is 21.8. The van der Waals surface area contributed by atoms with E-state index in [4.69, 9.17) is 15.9 Å². The molecule has 1 aromatic carbocycles. The minimum Gasteiger partial charge on any atom is -0.479 e. The zero-order valence-electron chi connectivity index (χ0n) is 9.74. The maximum atomic E-state index is 11.5. The summed E-state index contributed by atoms with van der Waals surface area (Å²) in [5.41, 5.74) is 6.65. The van der Waals surface area contributed by atoms with Crippen molar-refractivity contribution < 1.29 is 19.8 Å². The summed E-state index contributed by atoms with van der Waals surface area (Å²) in [5.74, 6) is -1.77. The highest BCUT2D eigenvalue weighted by Crippen LogP contribution is 2.12. The van der Waals surface area contributed by atoms with E-state index in [0.29, 0.717) is 0 Å². The fourth-order valence-corrected chi connectivity index (χ4v) is 1.39. The topological polar surface area (TPSA) is 113 Å². The third kappa shape index (κ3) is 4.52. The van der Waals surface area contributed by atoms with Crippen molar-refractivity contribution in [2.24, 2.45) is 5.73 Å². The SMILES string of the molecule is NC(CC(=O)NC[C@H](O)C(=O)O)c1ccccc1. The molecule has 0 saturated heterocycles. The van der Waals surface area contributed by atoms with Gasteiger partial charge in [0.05, 0.1) is 6.54 Å². The van der Waals surface area contributed by atoms with Crippen molar-refractivity contribution in [3.63, 3.8) is 0 Å². The molecule has 0 bridgehead atoms. The number of aliphatic hydroxyl groups is 1. The Kier molecular flexibility index (Phi) is 5.29. The van der Waals surface area contributed by atoms with E-state index < -0.39 is 24.0 Å². The van der Waals surface area contributed by atoms with E-state index in [2.05, 4.69) is 5.32 Å². The summed E-state index contributed by atoms with van der Waals surface area (Å²) in [5, 5.41) is 19.7. The zero-order chi connectivity index (χ0) is 13.5. The van der Waals surface area contributed by atoms with Crippen LogP contribution >= 0.6 is 0 Å². The molecule has 1 amide bonds. The van der Waals surface area contributed by atoms with Crippen molar-refractivity contribution in [2.45, 2.75) is 18.6 Å². The molecular weight excluding hydrogens is 236 g/mol. The van der Waals surface area contributed by atoms with Gasteiger partial charge >= 0.3 is 5.97 Å². The van der Waals surface area contributed by atoms with Crippen molar-refractivity contribution in [1.82, 2.24) is 5.32 Å². The standard InChI is InChI=1S/C12H16N2O4/c13-9(8-4-2-1-3-5-8)6-11(16)14-7-10(15)12(17)18/h1-5,9-10,15H,6-7,13H2,(H,14,16)(H,17,18)/t9?,10-/m0/s1. The summed E-state index contributed by atoms with van der Waals surface area (Å²) < 4.78 is 0. The molecule has 0 spiro atoms. The molecule has 1 rings (SSSR count). The fourth-order valence-electron chi connectivity index (χ4n) is 1.39. The van der Waals surface area contributed by atoms with E-state index in [1.807, 2.05) is 30.3 Å². The number of carbonyl (C=O) groups is 2. The van der Waals surface area contributed by atoms with Crippen LogP contribution in [-0.2, 0) is 9.59 Å². The minimum atomic E-state index is -1.60. The largest absolute Gasteiger partial charge is 0.479 e. The van der Waals surface area contributed by atoms with E-state index in [9.17, 15) is 9.59 Å². The summed E-state index contributed by atoms with van der Waals surface area (Å²) in [6.45, 7) is -0.324. The molecule has 18 heavy (non-hydrogen) atoms. The number of benzene rings is 1. The van der Waals surface area contributed by atoms with Crippen molar-refractivity contribution in [1.29, 1.82) is 0 Å². The Balaban J connectivity index is 2.39. The number of nitrogens with one attached hydrogen (secondary N) is 1. The zero-order valence-corrected chi connectivity index (χ0v) is 9.74. The Morgan fingerprint density at radius 1 is 1.28 bits per heavy atom. The van der Waals surface area contributed by atoms with Crippen LogP contribution in [0, 0.1) is 0 Å². The molecule has 0 fully saturated rings. The van der Waals surface area contributed by atoms with Crippen molar-refractivity contribution in [2.75, 3.05) is 6.54 Å². The highest BCUT2D eigenvalue weighted by atomic mass is 16.4. The lowest BCUT2D eigenvalue weighted by atomic mass is 10.0. The number of amides is 1. The first-order valence-corrected chi connectivity index (χ1v) is 5.49. The number of aliphatic carboxylic acids is 1. The molecule has 1 unspecified atom stereocenters. The lowest BCUT2D eigenvalue weighted by molar-refractivity contribution is -0.146. The average molecular weight is 252 g/mol. The highest BCUT2D eigenvalue weighted by molar-refractivity contribution is 5.78. The number of carbonyl (C=O) groups excluding carboxylic acids is 1. The minimum absolute atomic E-state index is 0.0380. The lowest BCUT2D eigenvalue weighted by Gasteiger charge is -2.12. The summed E-state index contributed by atoms with van der Waals surface area (Å²) in [7, 11) is 0. The molecule has 0 aromatic heterocycles. The van der Waals surface area contributed by atoms with Gasteiger partial charge in [-0.2, -0.15) is 0 Å². The lowest BCUT2D eigenvalue weighted by Crippen LogP contribution is -2.37. The van der Waals surface area contributed by atoms with Crippen LogP contribution in [0.5, 0.6) is 0 Å². The first kappa shape index (κ1) is 14.1. The van der Waals surface area contributed by atoms with Gasteiger partial charge in [0.25, 0.3) is 0 Å². The molecule has 0 aliphatic carbocycles. The Bertz CT molecular complexity index is 408. The van der Waals surface area contributed by atoms with Crippen LogP contribution < -0.4 is 11.1 Å². The van der Waals surface area contributed by atoms with Gasteiger partial charge in [0, 0.05) is 12.5 Å². The van der Waals surface area contributed by atoms with E-state index in [1.54, 1.807) is 0 Å². The third-order valence-electron chi connectivity index (χ3n) is 2.41. The molecular formula is C12H16N2O4. The second kappa shape index (κ2) is 6.73. The third-order valence-corrected chi connectivity index (χ3v) is 2.41. The van der Waals surface area contributed by atoms with Crippen molar-refractivity contribution >= 4 is 11.9 Å². The predicted molar refractivity (Wildman–Crippen MR) is 64.6 cm³/mol. The van der Waals surface area contributed by atoms with Crippen molar-refractivity contribution in [3.8, 4) is 0 Å². The van der Waals surface area contributed by atoms with Crippen molar-refractivity contribution in [3.05, 3.63) is 35.9 Å². The number of carboxylic acid groups (broad SMARTS) is 1. The van der Waals surface area contributed by atoms with Crippen LogP contribution in [0.2, 0.25) is 0 Å². The van der Waals surface area contributed by atoms with Gasteiger partial charge in [0.1, 0.15) is 0 Å². The molecule has 1 aromatic rings. The van der Waals surface area contributed by atoms with Gasteiger partial charge in [-0.1, -0.05) is 30.3 Å². The van der Waals surface area contributed by atoms with Gasteiger partial charge in [-0.3, -0.25) is 4.79 Å². The Morgan fingerprint density at radius 3 is 2.44 bits per heavy atom. The van der Waals surface area contributed by atoms with Crippen LogP contribution in [-0.4, -0.2) is 34.7 Å². The summed E-state index contributed by atoms with van der Waals surface area (Å²) >= 11 is 0. The van der Waals surface area contributed by atoms with Gasteiger partial charge in [0.2, 0.25) is 5.91 Å². The normalized spacial score (nSPS) is 13.7. The van der Waals surface area contributed by atoms with E-state index in [-0.39, 0.29) is 13.0 Å². The number of aliphatic hydroxyl groups excluding tert-OH is 1. The Hall–Kier alpha value is -1.92. The molecule has 5 N–H and O–H groups in total. The van der Waals surface area contributed by atoms with Gasteiger partial charge < -0.3 is 21.3 Å². The maximum Gasteiger partial charge on any atom is 0.334 e. The van der Waals surface area contributed by atoms with E-state index in [0.717, 1.165) is 5.56 Å².